The molecule has 96 valence electrons. The van der Waals surface area contributed by atoms with Gasteiger partial charge in [-0.2, -0.15) is 0 Å². The van der Waals surface area contributed by atoms with E-state index < -0.39 is 0 Å². The van der Waals surface area contributed by atoms with E-state index in [1.165, 1.54) is 25.9 Å². The summed E-state index contributed by atoms with van der Waals surface area (Å²) in [5.41, 5.74) is 0.764. The van der Waals surface area contributed by atoms with Gasteiger partial charge in [0.05, 0.1) is 0 Å². The molecule has 0 aromatic rings. The fourth-order valence-corrected chi connectivity index (χ4v) is 6.47. The van der Waals surface area contributed by atoms with Crippen molar-refractivity contribution in [2.75, 3.05) is 13.1 Å². The van der Waals surface area contributed by atoms with Gasteiger partial charge in [-0.1, -0.05) is 6.92 Å². The minimum absolute atomic E-state index is 0.764. The maximum atomic E-state index is 3.54. The van der Waals surface area contributed by atoms with Crippen LogP contribution in [0.1, 0.15) is 51.9 Å². The van der Waals surface area contributed by atoms with Crippen LogP contribution in [0, 0.1) is 35.0 Å². The fraction of sp³-hybridized carbons (Fsp3) is 1.00. The van der Waals surface area contributed by atoms with E-state index in [1.807, 2.05) is 0 Å². The highest BCUT2D eigenvalue weighted by atomic mass is 14.9. The van der Waals surface area contributed by atoms with Gasteiger partial charge in [0.15, 0.2) is 0 Å². The molecule has 2 unspecified atom stereocenters. The number of nitrogens with one attached hydrogen (secondary N) is 1. The molecule has 1 aliphatic heterocycles. The molecule has 4 saturated carbocycles. The van der Waals surface area contributed by atoms with E-state index in [0.29, 0.717) is 0 Å². The standard InChI is InChI=1S/C16H27N/c1-16-8-11-6-13(9-16)15(14(7-11)10-16)12-2-4-17-5-3-12/h11-15,17H,2-10H2,1H3. The molecule has 1 saturated heterocycles. The Bertz CT molecular complexity index is 289. The lowest BCUT2D eigenvalue weighted by atomic mass is 9.44. The molecule has 0 spiro atoms. The van der Waals surface area contributed by atoms with Gasteiger partial charge >= 0.3 is 0 Å². The second kappa shape index (κ2) is 3.73. The minimum Gasteiger partial charge on any atom is -0.317 e. The first kappa shape index (κ1) is 10.8. The number of hydrogen-bond acceptors (Lipinski definition) is 1. The summed E-state index contributed by atoms with van der Waals surface area (Å²) in [6, 6.07) is 0. The lowest BCUT2D eigenvalue weighted by Crippen LogP contribution is -2.52. The Balaban J connectivity index is 1.57. The van der Waals surface area contributed by atoms with Gasteiger partial charge in [-0.05, 0) is 93.0 Å². The molecular weight excluding hydrogens is 206 g/mol. The normalized spacial score (nSPS) is 54.2. The Morgan fingerprint density at radius 2 is 1.53 bits per heavy atom. The molecule has 5 rings (SSSR count). The van der Waals surface area contributed by atoms with E-state index in [0.717, 1.165) is 35.0 Å². The lowest BCUT2D eigenvalue weighted by molar-refractivity contribution is -0.108. The molecule has 0 aromatic heterocycles. The number of rotatable bonds is 1. The minimum atomic E-state index is 0.764. The molecule has 5 fully saturated rings. The van der Waals surface area contributed by atoms with E-state index in [2.05, 4.69) is 12.2 Å². The zero-order chi connectivity index (χ0) is 11.5. The highest BCUT2D eigenvalue weighted by Gasteiger charge is 2.54. The maximum Gasteiger partial charge on any atom is -0.00462 e. The Morgan fingerprint density at radius 1 is 0.882 bits per heavy atom. The monoisotopic (exact) mass is 233 g/mol. The summed E-state index contributed by atoms with van der Waals surface area (Å²) < 4.78 is 0. The summed E-state index contributed by atoms with van der Waals surface area (Å²) in [5.74, 6) is 5.57. The summed E-state index contributed by atoms with van der Waals surface area (Å²) in [4.78, 5) is 0. The highest BCUT2D eigenvalue weighted by molar-refractivity contribution is 5.04. The summed E-state index contributed by atoms with van der Waals surface area (Å²) >= 11 is 0. The molecule has 1 nitrogen and oxygen atoms in total. The second-order valence-electron chi connectivity index (χ2n) is 7.95. The van der Waals surface area contributed by atoms with E-state index in [1.54, 1.807) is 32.1 Å². The van der Waals surface area contributed by atoms with E-state index >= 15 is 0 Å². The largest absolute Gasteiger partial charge is 0.317 e. The average molecular weight is 233 g/mol. The van der Waals surface area contributed by atoms with Crippen LogP contribution in [-0.4, -0.2) is 13.1 Å². The molecule has 5 aliphatic rings. The number of piperidine rings is 1. The van der Waals surface area contributed by atoms with E-state index in [9.17, 15) is 0 Å². The zero-order valence-electron chi connectivity index (χ0n) is 11.3. The first-order chi connectivity index (χ1) is 8.23. The van der Waals surface area contributed by atoms with Gasteiger partial charge in [0, 0.05) is 0 Å². The van der Waals surface area contributed by atoms with Crippen LogP contribution in [0.2, 0.25) is 0 Å². The van der Waals surface area contributed by atoms with Crippen molar-refractivity contribution < 1.29 is 0 Å². The van der Waals surface area contributed by atoms with Gasteiger partial charge in [-0.15, -0.1) is 0 Å². The average Bonchev–Trinajstić information content (AvgIpc) is 2.27. The molecule has 4 aliphatic carbocycles. The molecule has 0 amide bonds. The molecule has 1 N–H and O–H groups in total. The van der Waals surface area contributed by atoms with Crippen LogP contribution >= 0.6 is 0 Å². The highest BCUT2D eigenvalue weighted by Crippen LogP contribution is 2.63. The molecule has 2 atom stereocenters. The predicted molar refractivity (Wildman–Crippen MR) is 70.7 cm³/mol. The third kappa shape index (κ3) is 1.69. The second-order valence-corrected chi connectivity index (χ2v) is 7.95. The first-order valence-electron chi connectivity index (χ1n) is 7.94. The van der Waals surface area contributed by atoms with E-state index in [4.69, 9.17) is 0 Å². The van der Waals surface area contributed by atoms with Crippen LogP contribution in [-0.2, 0) is 0 Å². The van der Waals surface area contributed by atoms with Crippen molar-refractivity contribution in [1.82, 2.24) is 5.32 Å². The molecular formula is C16H27N. The first-order valence-corrected chi connectivity index (χ1v) is 7.94. The topological polar surface area (TPSA) is 12.0 Å². The van der Waals surface area contributed by atoms with Crippen LogP contribution in [0.5, 0.6) is 0 Å². The smallest absolute Gasteiger partial charge is 0.00462 e. The lowest BCUT2D eigenvalue weighted by Gasteiger charge is -2.61. The molecule has 1 heteroatoms. The van der Waals surface area contributed by atoms with Crippen molar-refractivity contribution in [2.45, 2.75) is 51.9 Å². The third-order valence-corrected chi connectivity index (χ3v) is 6.58. The van der Waals surface area contributed by atoms with Crippen LogP contribution in [0.25, 0.3) is 0 Å². The summed E-state index contributed by atoms with van der Waals surface area (Å²) in [7, 11) is 0. The van der Waals surface area contributed by atoms with Crippen LogP contribution < -0.4 is 5.32 Å². The molecule has 1 heterocycles. The van der Waals surface area contributed by atoms with Crippen molar-refractivity contribution in [1.29, 1.82) is 0 Å². The van der Waals surface area contributed by atoms with Gasteiger partial charge in [0.25, 0.3) is 0 Å². The van der Waals surface area contributed by atoms with Crippen molar-refractivity contribution in [3.05, 3.63) is 0 Å². The van der Waals surface area contributed by atoms with Gasteiger partial charge in [-0.3, -0.25) is 0 Å². The van der Waals surface area contributed by atoms with E-state index in [-0.39, 0.29) is 0 Å². The van der Waals surface area contributed by atoms with Crippen LogP contribution in [0.4, 0.5) is 0 Å². The van der Waals surface area contributed by atoms with Gasteiger partial charge in [-0.25, -0.2) is 0 Å². The van der Waals surface area contributed by atoms with Crippen molar-refractivity contribution in [3.8, 4) is 0 Å². The Hall–Kier alpha value is -0.0400. The molecule has 0 aromatic carbocycles. The van der Waals surface area contributed by atoms with Crippen molar-refractivity contribution in [3.63, 3.8) is 0 Å². The van der Waals surface area contributed by atoms with Gasteiger partial charge in [0.1, 0.15) is 0 Å². The Labute approximate surface area is 106 Å². The molecule has 4 bridgehead atoms. The summed E-state index contributed by atoms with van der Waals surface area (Å²) in [6.45, 7) is 5.18. The van der Waals surface area contributed by atoms with Crippen LogP contribution in [0.3, 0.4) is 0 Å². The van der Waals surface area contributed by atoms with Crippen molar-refractivity contribution in [2.24, 2.45) is 35.0 Å². The molecule has 0 radical (unpaired) electrons. The Morgan fingerprint density at radius 3 is 2.12 bits per heavy atom. The van der Waals surface area contributed by atoms with Crippen molar-refractivity contribution >= 4 is 0 Å². The Kier molecular flexibility index (Phi) is 2.38. The zero-order valence-corrected chi connectivity index (χ0v) is 11.3. The van der Waals surface area contributed by atoms with Gasteiger partial charge < -0.3 is 5.32 Å². The summed E-state index contributed by atoms with van der Waals surface area (Å²) in [6.07, 6.45) is 10.9. The third-order valence-electron chi connectivity index (χ3n) is 6.58. The quantitative estimate of drug-likeness (QED) is 0.731. The number of hydrogen-bond donors (Lipinski definition) is 1. The van der Waals surface area contributed by atoms with Crippen LogP contribution in [0.15, 0.2) is 0 Å². The summed E-state index contributed by atoms with van der Waals surface area (Å²) in [5, 5.41) is 3.54. The predicted octanol–water partition coefficient (Wildman–Crippen LogP) is 3.45. The molecule has 17 heavy (non-hydrogen) atoms. The maximum absolute atomic E-state index is 3.54. The fourth-order valence-electron chi connectivity index (χ4n) is 6.47. The van der Waals surface area contributed by atoms with Gasteiger partial charge in [0.2, 0.25) is 0 Å². The SMILES string of the molecule is CC12CC3CC(C1)C(C1CCNCC1)C(C3)C2.